The van der Waals surface area contributed by atoms with Gasteiger partial charge < -0.3 is 4.74 Å². The molecule has 1 saturated heterocycles. The van der Waals surface area contributed by atoms with E-state index in [-0.39, 0.29) is 5.97 Å². The maximum absolute atomic E-state index is 11.8. The third-order valence-electron chi connectivity index (χ3n) is 2.18. The molecule has 1 N–H and O–H groups in total. The highest BCUT2D eigenvalue weighted by atomic mass is 16.6. The highest BCUT2D eigenvalue weighted by molar-refractivity contribution is 5.82. The number of hydrogen-bond donors (Lipinski definition) is 1. The van der Waals surface area contributed by atoms with Crippen LogP contribution in [-0.2, 0) is 9.53 Å². The van der Waals surface area contributed by atoms with Crippen molar-refractivity contribution in [2.45, 2.75) is 45.3 Å². The van der Waals surface area contributed by atoms with Crippen LogP contribution in [0.5, 0.6) is 0 Å². The summed E-state index contributed by atoms with van der Waals surface area (Å²) in [5.41, 5.74) is 0.0501. The Balaban J connectivity index is 2.65. The molecule has 1 heterocycles. The molecule has 3 nitrogen and oxygen atoms in total. The van der Waals surface area contributed by atoms with E-state index in [9.17, 15) is 4.79 Å². The monoisotopic (exact) mass is 197 g/mol. The van der Waals surface area contributed by atoms with Crippen LogP contribution in [0.25, 0.3) is 0 Å². The number of carbonyl (C=O) groups is 1. The molecule has 0 amide bonds. The van der Waals surface area contributed by atoms with Crippen LogP contribution in [0.4, 0.5) is 0 Å². The highest BCUT2D eigenvalue weighted by Crippen LogP contribution is 2.25. The second-order valence-corrected chi connectivity index (χ2v) is 5.11. The Bertz CT molecular complexity index is 265. The summed E-state index contributed by atoms with van der Waals surface area (Å²) in [4.78, 5) is 11.8. The summed E-state index contributed by atoms with van der Waals surface area (Å²) in [5, 5.41) is 3.13. The van der Waals surface area contributed by atoms with Crippen LogP contribution in [0.1, 0.15) is 34.1 Å². The maximum Gasteiger partial charge on any atom is 0.326 e. The minimum Gasteiger partial charge on any atom is -0.459 e. The third kappa shape index (κ3) is 2.58. The van der Waals surface area contributed by atoms with E-state index in [0.717, 1.165) is 5.57 Å². The van der Waals surface area contributed by atoms with Crippen LogP contribution >= 0.6 is 0 Å². The molecular weight excluding hydrogens is 178 g/mol. The highest BCUT2D eigenvalue weighted by Gasteiger charge is 2.40. The molecular formula is C11H19NO2. The van der Waals surface area contributed by atoms with Crippen molar-refractivity contribution in [1.82, 2.24) is 5.32 Å². The van der Waals surface area contributed by atoms with Gasteiger partial charge in [-0.1, -0.05) is 12.2 Å². The van der Waals surface area contributed by atoms with Crippen molar-refractivity contribution >= 4 is 5.97 Å². The molecule has 1 aliphatic rings. The zero-order valence-electron chi connectivity index (χ0n) is 9.44. The summed E-state index contributed by atoms with van der Waals surface area (Å²) in [6.07, 6.45) is 0.669. The second-order valence-electron chi connectivity index (χ2n) is 5.11. The summed E-state index contributed by atoms with van der Waals surface area (Å²) < 4.78 is 5.33. The van der Waals surface area contributed by atoms with Crippen molar-refractivity contribution in [3.63, 3.8) is 0 Å². The molecule has 0 aromatic rings. The molecule has 14 heavy (non-hydrogen) atoms. The molecule has 0 aromatic heterocycles. The molecule has 1 atom stereocenters. The van der Waals surface area contributed by atoms with Gasteiger partial charge in [0.25, 0.3) is 0 Å². The lowest BCUT2D eigenvalue weighted by Crippen LogP contribution is -2.48. The SMILES string of the molecule is C=C1CN[C@@](C)(C(=O)OC(C)(C)C)C1. The molecule has 0 unspecified atom stereocenters. The number of carbonyl (C=O) groups excluding carboxylic acids is 1. The van der Waals surface area contributed by atoms with Gasteiger partial charge in [-0.2, -0.15) is 0 Å². The van der Waals surface area contributed by atoms with E-state index in [4.69, 9.17) is 4.74 Å². The van der Waals surface area contributed by atoms with Crippen molar-refractivity contribution < 1.29 is 9.53 Å². The smallest absolute Gasteiger partial charge is 0.326 e. The first-order valence-electron chi connectivity index (χ1n) is 4.88. The van der Waals surface area contributed by atoms with Crippen LogP contribution in [0, 0.1) is 0 Å². The first kappa shape index (κ1) is 11.2. The quantitative estimate of drug-likeness (QED) is 0.513. The van der Waals surface area contributed by atoms with E-state index in [0.29, 0.717) is 13.0 Å². The number of esters is 1. The van der Waals surface area contributed by atoms with Crippen LogP contribution in [0.3, 0.4) is 0 Å². The Labute approximate surface area is 85.5 Å². The summed E-state index contributed by atoms with van der Waals surface area (Å²) in [6, 6.07) is 0. The lowest BCUT2D eigenvalue weighted by atomic mass is 9.98. The summed E-state index contributed by atoms with van der Waals surface area (Å²) >= 11 is 0. The Hall–Kier alpha value is -0.830. The van der Waals surface area contributed by atoms with Crippen LogP contribution < -0.4 is 5.32 Å². The Morgan fingerprint density at radius 3 is 2.50 bits per heavy atom. The van der Waals surface area contributed by atoms with Crippen molar-refractivity contribution in [2.24, 2.45) is 0 Å². The van der Waals surface area contributed by atoms with E-state index < -0.39 is 11.1 Å². The minimum atomic E-state index is -0.579. The molecule has 1 rings (SSSR count). The van der Waals surface area contributed by atoms with Crippen molar-refractivity contribution in [2.75, 3.05) is 6.54 Å². The standard InChI is InChI=1S/C11H19NO2/c1-8-6-11(5,12-7-8)9(13)14-10(2,3)4/h12H,1,6-7H2,2-5H3/t11-/m1/s1. The number of hydrogen-bond acceptors (Lipinski definition) is 3. The van der Waals surface area contributed by atoms with E-state index in [2.05, 4.69) is 11.9 Å². The fourth-order valence-corrected chi connectivity index (χ4v) is 1.48. The van der Waals surface area contributed by atoms with Gasteiger partial charge >= 0.3 is 5.97 Å². The Morgan fingerprint density at radius 1 is 1.57 bits per heavy atom. The van der Waals surface area contributed by atoms with E-state index in [1.807, 2.05) is 27.7 Å². The predicted molar refractivity (Wildman–Crippen MR) is 56.0 cm³/mol. The molecule has 1 fully saturated rings. The largest absolute Gasteiger partial charge is 0.459 e. The van der Waals surface area contributed by atoms with Gasteiger partial charge in [-0.05, 0) is 34.1 Å². The van der Waals surface area contributed by atoms with Crippen LogP contribution in [0.2, 0.25) is 0 Å². The van der Waals surface area contributed by atoms with Gasteiger partial charge in [0.2, 0.25) is 0 Å². The summed E-state index contributed by atoms with van der Waals surface area (Å²) in [5.74, 6) is -0.191. The summed E-state index contributed by atoms with van der Waals surface area (Å²) in [7, 11) is 0. The average molecular weight is 197 g/mol. The lowest BCUT2D eigenvalue weighted by molar-refractivity contribution is -0.161. The second kappa shape index (κ2) is 3.39. The number of ether oxygens (including phenoxy) is 1. The minimum absolute atomic E-state index is 0.191. The molecule has 0 aliphatic carbocycles. The average Bonchev–Trinajstić information content (AvgIpc) is 2.29. The van der Waals surface area contributed by atoms with Gasteiger partial charge in [0.05, 0.1) is 0 Å². The molecule has 1 aliphatic heterocycles. The van der Waals surface area contributed by atoms with Gasteiger partial charge in [-0.3, -0.25) is 10.1 Å². The number of nitrogens with one attached hydrogen (secondary N) is 1. The van der Waals surface area contributed by atoms with Gasteiger partial charge in [0, 0.05) is 6.54 Å². The van der Waals surface area contributed by atoms with Crippen LogP contribution in [-0.4, -0.2) is 23.7 Å². The van der Waals surface area contributed by atoms with Gasteiger partial charge in [0.15, 0.2) is 0 Å². The van der Waals surface area contributed by atoms with E-state index in [1.54, 1.807) is 0 Å². The third-order valence-corrected chi connectivity index (χ3v) is 2.18. The molecule has 0 aromatic carbocycles. The number of rotatable bonds is 1. The molecule has 80 valence electrons. The first-order valence-corrected chi connectivity index (χ1v) is 4.88. The molecule has 0 bridgehead atoms. The van der Waals surface area contributed by atoms with E-state index >= 15 is 0 Å². The maximum atomic E-state index is 11.8. The molecule has 3 heteroatoms. The normalized spacial score (nSPS) is 27.9. The van der Waals surface area contributed by atoms with Crippen molar-refractivity contribution in [3.8, 4) is 0 Å². The topological polar surface area (TPSA) is 38.3 Å². The Morgan fingerprint density at radius 2 is 2.14 bits per heavy atom. The van der Waals surface area contributed by atoms with Gasteiger partial charge in [-0.15, -0.1) is 0 Å². The Kier molecular flexibility index (Phi) is 2.72. The molecule has 0 radical (unpaired) electrons. The zero-order valence-corrected chi connectivity index (χ0v) is 9.44. The van der Waals surface area contributed by atoms with E-state index in [1.165, 1.54) is 0 Å². The fraction of sp³-hybridized carbons (Fsp3) is 0.727. The first-order chi connectivity index (χ1) is 6.23. The van der Waals surface area contributed by atoms with Crippen molar-refractivity contribution in [1.29, 1.82) is 0 Å². The lowest BCUT2D eigenvalue weighted by Gasteiger charge is -2.28. The fourth-order valence-electron chi connectivity index (χ4n) is 1.48. The van der Waals surface area contributed by atoms with Crippen LogP contribution in [0.15, 0.2) is 12.2 Å². The predicted octanol–water partition coefficient (Wildman–Crippen LogP) is 1.64. The van der Waals surface area contributed by atoms with Gasteiger partial charge in [-0.25, -0.2) is 0 Å². The van der Waals surface area contributed by atoms with Gasteiger partial charge in [0.1, 0.15) is 11.1 Å². The zero-order chi connectivity index (χ0) is 11.0. The molecule has 0 saturated carbocycles. The van der Waals surface area contributed by atoms with Crippen molar-refractivity contribution in [3.05, 3.63) is 12.2 Å². The summed E-state index contributed by atoms with van der Waals surface area (Å²) in [6.45, 7) is 12.0. The molecule has 0 spiro atoms.